The Kier molecular flexibility index (Phi) is 19.8. The van der Waals surface area contributed by atoms with Crippen molar-refractivity contribution in [3.63, 3.8) is 0 Å². The van der Waals surface area contributed by atoms with E-state index in [9.17, 15) is 53.1 Å². The monoisotopic (exact) mass is 773 g/mol. The van der Waals surface area contributed by atoms with Gasteiger partial charge in [-0.15, -0.1) is 0 Å². The van der Waals surface area contributed by atoms with E-state index in [1.165, 1.54) is 6.92 Å². The maximum Gasteiger partial charge on any atom is 0.326 e. The van der Waals surface area contributed by atoms with E-state index in [4.69, 9.17) is 11.5 Å². The lowest BCUT2D eigenvalue weighted by atomic mass is 9.97. The minimum absolute atomic E-state index is 0.0109. The standard InChI is InChI=1S/C35H51N9O11/c1-6-19(4)30(34(53)40-20(5)32(51)43-29(18(2)3)31(37)50)44-33(52)22(15-24(36)45)41-26(47)13-12-25(46)38-16-27(48)39-17-28(49)42-23(35(54)55)14-21-10-8-7-9-11-21/h7-13,18-20,22-23,29-30H,6,14-17H2,1-5H3,(H2,36,45)(H2,37,50)(H,38,46)(H,39,48)(H,40,53)(H,41,47)(H,42,49)(H,43,51)(H,44,52)(H,54,55). The molecule has 0 aromatic heterocycles. The lowest BCUT2D eigenvalue weighted by Crippen LogP contribution is -2.59. The number of carboxylic acids is 1. The van der Waals surface area contributed by atoms with Crippen molar-refractivity contribution in [2.24, 2.45) is 23.3 Å². The van der Waals surface area contributed by atoms with Crippen LogP contribution in [0.3, 0.4) is 0 Å². The molecule has 0 aliphatic heterocycles. The third kappa shape index (κ3) is 17.8. The summed E-state index contributed by atoms with van der Waals surface area (Å²) >= 11 is 0. The van der Waals surface area contributed by atoms with Crippen molar-refractivity contribution in [3.05, 3.63) is 48.0 Å². The van der Waals surface area contributed by atoms with Gasteiger partial charge in [-0.25, -0.2) is 4.79 Å². The largest absolute Gasteiger partial charge is 0.480 e. The summed E-state index contributed by atoms with van der Waals surface area (Å²) in [4.78, 5) is 123. The van der Waals surface area contributed by atoms with Crippen molar-refractivity contribution in [2.75, 3.05) is 13.1 Å². The van der Waals surface area contributed by atoms with Crippen LogP contribution in [0.4, 0.5) is 0 Å². The normalized spacial score (nSPS) is 14.1. The third-order valence-corrected chi connectivity index (χ3v) is 8.03. The quantitative estimate of drug-likeness (QED) is 0.0489. The number of benzene rings is 1. The molecule has 6 atom stereocenters. The van der Waals surface area contributed by atoms with Gasteiger partial charge in [-0.3, -0.25) is 43.2 Å². The first-order valence-corrected chi connectivity index (χ1v) is 17.3. The third-order valence-electron chi connectivity index (χ3n) is 8.03. The molecule has 0 aliphatic carbocycles. The van der Waals surface area contributed by atoms with Gasteiger partial charge in [-0.05, 0) is 24.3 Å². The van der Waals surface area contributed by atoms with Crippen LogP contribution in [0.1, 0.15) is 53.0 Å². The maximum atomic E-state index is 13.2. The first-order chi connectivity index (χ1) is 25.7. The molecular weight excluding hydrogens is 722 g/mol. The van der Waals surface area contributed by atoms with Crippen LogP contribution in [0.2, 0.25) is 0 Å². The number of aliphatic carboxylic acids is 1. The molecule has 0 radical (unpaired) electrons. The van der Waals surface area contributed by atoms with Crippen LogP contribution >= 0.6 is 0 Å². The van der Waals surface area contributed by atoms with Gasteiger partial charge in [0.05, 0.1) is 19.5 Å². The molecule has 6 unspecified atom stereocenters. The summed E-state index contributed by atoms with van der Waals surface area (Å²) in [5, 5.41) is 25.7. The van der Waals surface area contributed by atoms with Gasteiger partial charge in [0.15, 0.2) is 0 Å². The average molecular weight is 774 g/mol. The topological polar surface area (TPSA) is 327 Å². The predicted molar refractivity (Wildman–Crippen MR) is 196 cm³/mol. The van der Waals surface area contributed by atoms with E-state index in [2.05, 4.69) is 37.2 Å². The van der Waals surface area contributed by atoms with Crippen LogP contribution < -0.4 is 48.7 Å². The average Bonchev–Trinajstić information content (AvgIpc) is 3.12. The highest BCUT2D eigenvalue weighted by molar-refractivity contribution is 6.01. The number of rotatable bonds is 23. The Balaban J connectivity index is 2.76. The number of hydrogen-bond donors (Lipinski definition) is 10. The molecule has 0 saturated heterocycles. The van der Waals surface area contributed by atoms with Crippen LogP contribution in [-0.4, -0.2) is 108 Å². The van der Waals surface area contributed by atoms with Gasteiger partial charge in [-0.2, -0.15) is 0 Å². The molecule has 20 nitrogen and oxygen atoms in total. The molecular formula is C35H51N9O11. The SMILES string of the molecule is CCC(C)C(NC(=O)C(CC(N)=O)NC(=O)C=CC(=O)NCC(=O)NCC(=O)NC(Cc1ccccc1)C(=O)O)C(=O)NC(C)C(=O)NC(C(N)=O)C(C)C. The summed E-state index contributed by atoms with van der Waals surface area (Å²) in [6.45, 7) is 6.86. The number of nitrogens with two attached hydrogens (primary N) is 2. The molecule has 0 spiro atoms. The fourth-order valence-electron chi connectivity index (χ4n) is 4.71. The molecule has 55 heavy (non-hydrogen) atoms. The Morgan fingerprint density at radius 3 is 1.80 bits per heavy atom. The number of hydrogen-bond acceptors (Lipinski definition) is 10. The Bertz CT molecular complexity index is 1600. The molecule has 1 aromatic rings. The number of carbonyl (C=O) groups is 10. The molecule has 0 bridgehead atoms. The second-order valence-electron chi connectivity index (χ2n) is 12.9. The second kappa shape index (κ2) is 23.4. The zero-order chi connectivity index (χ0) is 41.8. The van der Waals surface area contributed by atoms with Crippen LogP contribution in [0, 0.1) is 11.8 Å². The molecule has 302 valence electrons. The van der Waals surface area contributed by atoms with Crippen molar-refractivity contribution in [1.82, 2.24) is 37.2 Å². The highest BCUT2D eigenvalue weighted by Crippen LogP contribution is 2.10. The smallest absolute Gasteiger partial charge is 0.326 e. The number of amides is 9. The molecule has 0 fully saturated rings. The van der Waals surface area contributed by atoms with E-state index in [1.807, 2.05) is 0 Å². The predicted octanol–water partition coefficient (Wildman–Crippen LogP) is -3.39. The van der Waals surface area contributed by atoms with E-state index < -0.39 is 115 Å². The minimum Gasteiger partial charge on any atom is -0.480 e. The second-order valence-corrected chi connectivity index (χ2v) is 12.9. The van der Waals surface area contributed by atoms with E-state index in [-0.39, 0.29) is 12.3 Å². The van der Waals surface area contributed by atoms with Gasteiger partial charge in [-0.1, -0.05) is 64.4 Å². The summed E-state index contributed by atoms with van der Waals surface area (Å²) in [6, 6.07) is 2.34. The first kappa shape index (κ1) is 46.7. The number of primary amides is 2. The van der Waals surface area contributed by atoms with Gasteiger partial charge in [0.2, 0.25) is 53.2 Å². The van der Waals surface area contributed by atoms with E-state index >= 15 is 0 Å². The lowest BCUT2D eigenvalue weighted by molar-refractivity contribution is -0.141. The van der Waals surface area contributed by atoms with Gasteiger partial charge >= 0.3 is 5.97 Å². The lowest BCUT2D eigenvalue weighted by Gasteiger charge is -2.28. The molecule has 0 aliphatic rings. The van der Waals surface area contributed by atoms with Gasteiger partial charge in [0.25, 0.3) is 0 Å². The molecule has 20 heteroatoms. The molecule has 0 saturated carbocycles. The Hall–Kier alpha value is -6.34. The van der Waals surface area contributed by atoms with E-state index in [0.717, 1.165) is 6.08 Å². The van der Waals surface area contributed by atoms with Crippen molar-refractivity contribution in [3.8, 4) is 0 Å². The number of nitrogens with one attached hydrogen (secondary N) is 7. The van der Waals surface area contributed by atoms with Crippen molar-refractivity contribution in [1.29, 1.82) is 0 Å². The number of carbonyl (C=O) groups excluding carboxylic acids is 9. The van der Waals surface area contributed by atoms with Crippen LogP contribution in [0.25, 0.3) is 0 Å². The molecule has 1 aromatic carbocycles. The number of carboxylic acid groups (broad SMARTS) is 1. The minimum atomic E-state index is -1.59. The van der Waals surface area contributed by atoms with Crippen LogP contribution in [0.15, 0.2) is 42.5 Å². The fraction of sp³-hybridized carbons (Fsp3) is 0.486. The zero-order valence-electron chi connectivity index (χ0n) is 31.3. The summed E-state index contributed by atoms with van der Waals surface area (Å²) in [5.74, 6) is -9.87. The summed E-state index contributed by atoms with van der Waals surface area (Å²) in [5.41, 5.74) is 11.3. The fourth-order valence-corrected chi connectivity index (χ4v) is 4.71. The Morgan fingerprint density at radius 1 is 0.673 bits per heavy atom. The van der Waals surface area contributed by atoms with Crippen molar-refractivity contribution < 1.29 is 53.1 Å². The van der Waals surface area contributed by atoms with Crippen LogP contribution in [0.5, 0.6) is 0 Å². The van der Waals surface area contributed by atoms with Crippen molar-refractivity contribution >= 4 is 59.1 Å². The maximum absolute atomic E-state index is 13.2. The highest BCUT2D eigenvalue weighted by Gasteiger charge is 2.33. The molecule has 0 heterocycles. The van der Waals surface area contributed by atoms with Gasteiger partial charge in [0, 0.05) is 18.6 Å². The summed E-state index contributed by atoms with van der Waals surface area (Å²) in [7, 11) is 0. The molecule has 1 rings (SSSR count). The van der Waals surface area contributed by atoms with Gasteiger partial charge in [0.1, 0.15) is 30.2 Å². The molecule has 9 amide bonds. The first-order valence-electron chi connectivity index (χ1n) is 17.3. The Labute approximate surface area is 317 Å². The van der Waals surface area contributed by atoms with E-state index in [1.54, 1.807) is 58.0 Å². The highest BCUT2D eigenvalue weighted by atomic mass is 16.4. The van der Waals surface area contributed by atoms with Crippen molar-refractivity contribution in [2.45, 2.75) is 84.1 Å². The molecule has 12 N–H and O–H groups in total. The van der Waals surface area contributed by atoms with E-state index in [0.29, 0.717) is 18.1 Å². The Morgan fingerprint density at radius 2 is 1.25 bits per heavy atom. The zero-order valence-corrected chi connectivity index (χ0v) is 31.3. The summed E-state index contributed by atoms with van der Waals surface area (Å²) in [6.07, 6.45) is 1.13. The van der Waals surface area contributed by atoms with Crippen LogP contribution in [-0.2, 0) is 54.4 Å². The summed E-state index contributed by atoms with van der Waals surface area (Å²) < 4.78 is 0. The van der Waals surface area contributed by atoms with Gasteiger partial charge < -0.3 is 53.8 Å².